The molecule has 2 atom stereocenters. The number of hydrogen-bond donors (Lipinski definition) is 2. The van der Waals surface area contributed by atoms with E-state index in [0.29, 0.717) is 0 Å². The Morgan fingerprint density at radius 2 is 2.05 bits per heavy atom. The maximum absolute atomic E-state index is 12.2. The number of rotatable bonds is 6. The van der Waals surface area contributed by atoms with Crippen LogP contribution in [0.5, 0.6) is 0 Å². The second kappa shape index (κ2) is 6.19. The standard InChI is InChI=1S/C14H21NO3S/c1-9(2)14(4,7-12(16)17)15-13(18)10(3)11-5-6-19-8-11/h5-6,8-10H,7H2,1-4H3,(H,15,18)(H,16,17). The summed E-state index contributed by atoms with van der Waals surface area (Å²) in [4.78, 5) is 23.2. The fourth-order valence-corrected chi connectivity index (χ4v) is 2.52. The number of carbonyl (C=O) groups excluding carboxylic acids is 1. The summed E-state index contributed by atoms with van der Waals surface area (Å²) >= 11 is 1.55. The lowest BCUT2D eigenvalue weighted by atomic mass is 9.84. The Labute approximate surface area is 117 Å². The van der Waals surface area contributed by atoms with Crippen LogP contribution in [0.25, 0.3) is 0 Å². The fraction of sp³-hybridized carbons (Fsp3) is 0.571. The van der Waals surface area contributed by atoms with Gasteiger partial charge in [0.25, 0.3) is 0 Å². The van der Waals surface area contributed by atoms with Crippen LogP contribution in [0.4, 0.5) is 0 Å². The van der Waals surface area contributed by atoms with Crippen molar-refractivity contribution in [2.75, 3.05) is 0 Å². The predicted molar refractivity (Wildman–Crippen MR) is 76.4 cm³/mol. The van der Waals surface area contributed by atoms with Crippen molar-refractivity contribution in [2.45, 2.75) is 45.6 Å². The molecule has 0 aliphatic rings. The van der Waals surface area contributed by atoms with Gasteiger partial charge < -0.3 is 10.4 Å². The number of thiophene rings is 1. The third-order valence-corrected chi connectivity index (χ3v) is 4.34. The van der Waals surface area contributed by atoms with Crippen molar-refractivity contribution >= 4 is 23.2 Å². The molecule has 5 heteroatoms. The third kappa shape index (κ3) is 4.06. The fourth-order valence-electron chi connectivity index (χ4n) is 1.77. The number of nitrogens with one attached hydrogen (secondary N) is 1. The first kappa shape index (κ1) is 15.7. The molecule has 0 aliphatic carbocycles. The number of carboxylic acid groups (broad SMARTS) is 1. The minimum absolute atomic E-state index is 0.0437. The zero-order valence-corrected chi connectivity index (χ0v) is 12.6. The highest BCUT2D eigenvalue weighted by Gasteiger charge is 2.34. The summed E-state index contributed by atoms with van der Waals surface area (Å²) in [5.74, 6) is -1.25. The van der Waals surface area contributed by atoms with Gasteiger partial charge in [-0.05, 0) is 42.2 Å². The molecule has 0 aromatic carbocycles. The SMILES string of the molecule is CC(C(=O)NC(C)(CC(=O)O)C(C)C)c1ccsc1. The van der Waals surface area contributed by atoms with Crippen LogP contribution in [-0.2, 0) is 9.59 Å². The van der Waals surface area contributed by atoms with E-state index in [1.807, 2.05) is 37.6 Å². The minimum atomic E-state index is -0.903. The Bertz CT molecular complexity index is 442. The topological polar surface area (TPSA) is 66.4 Å². The normalized spacial score (nSPS) is 15.8. The molecule has 1 aromatic heterocycles. The van der Waals surface area contributed by atoms with Crippen LogP contribution in [0.1, 0.15) is 45.6 Å². The Hall–Kier alpha value is -1.36. The van der Waals surface area contributed by atoms with Gasteiger partial charge in [0.05, 0.1) is 12.3 Å². The van der Waals surface area contributed by atoms with E-state index in [0.717, 1.165) is 5.56 Å². The van der Waals surface area contributed by atoms with Gasteiger partial charge in [-0.2, -0.15) is 11.3 Å². The van der Waals surface area contributed by atoms with Crippen molar-refractivity contribution in [3.8, 4) is 0 Å². The van der Waals surface area contributed by atoms with Crippen molar-refractivity contribution in [3.63, 3.8) is 0 Å². The smallest absolute Gasteiger partial charge is 0.305 e. The van der Waals surface area contributed by atoms with Crippen LogP contribution in [0, 0.1) is 5.92 Å². The van der Waals surface area contributed by atoms with E-state index in [9.17, 15) is 9.59 Å². The van der Waals surface area contributed by atoms with Gasteiger partial charge in [-0.15, -0.1) is 0 Å². The second-order valence-corrected chi connectivity index (χ2v) is 6.19. The van der Waals surface area contributed by atoms with Crippen molar-refractivity contribution in [1.82, 2.24) is 5.32 Å². The predicted octanol–water partition coefficient (Wildman–Crippen LogP) is 2.86. The molecule has 1 rings (SSSR count). The van der Waals surface area contributed by atoms with Crippen LogP contribution < -0.4 is 5.32 Å². The van der Waals surface area contributed by atoms with Gasteiger partial charge in [0, 0.05) is 5.54 Å². The quantitative estimate of drug-likeness (QED) is 0.843. The highest BCUT2D eigenvalue weighted by molar-refractivity contribution is 7.08. The molecule has 1 aromatic rings. The van der Waals surface area contributed by atoms with E-state index in [2.05, 4.69) is 5.32 Å². The molecule has 106 valence electrons. The monoisotopic (exact) mass is 283 g/mol. The van der Waals surface area contributed by atoms with Gasteiger partial charge in [-0.25, -0.2) is 0 Å². The summed E-state index contributed by atoms with van der Waals surface area (Å²) in [5, 5.41) is 15.7. The van der Waals surface area contributed by atoms with Crippen LogP contribution >= 0.6 is 11.3 Å². The van der Waals surface area contributed by atoms with Crippen LogP contribution in [0.15, 0.2) is 16.8 Å². The molecule has 0 saturated carbocycles. The Kier molecular flexibility index (Phi) is 5.11. The number of amides is 1. The van der Waals surface area contributed by atoms with E-state index in [-0.39, 0.29) is 24.2 Å². The lowest BCUT2D eigenvalue weighted by molar-refractivity contribution is -0.139. The maximum atomic E-state index is 12.2. The van der Waals surface area contributed by atoms with Crippen molar-refractivity contribution in [2.24, 2.45) is 5.92 Å². The summed E-state index contributed by atoms with van der Waals surface area (Å²) in [6.07, 6.45) is -0.0766. The molecule has 1 amide bonds. The van der Waals surface area contributed by atoms with Crippen molar-refractivity contribution in [3.05, 3.63) is 22.4 Å². The second-order valence-electron chi connectivity index (χ2n) is 5.41. The van der Waals surface area contributed by atoms with Crippen LogP contribution in [0.3, 0.4) is 0 Å². The molecule has 2 unspecified atom stereocenters. The number of aliphatic carboxylic acids is 1. The number of hydrogen-bond acceptors (Lipinski definition) is 3. The highest BCUT2D eigenvalue weighted by atomic mass is 32.1. The zero-order chi connectivity index (χ0) is 14.6. The van der Waals surface area contributed by atoms with Crippen molar-refractivity contribution < 1.29 is 14.7 Å². The average molecular weight is 283 g/mol. The molecule has 0 radical (unpaired) electrons. The first-order chi connectivity index (χ1) is 8.76. The lowest BCUT2D eigenvalue weighted by Gasteiger charge is -2.34. The number of carboxylic acids is 1. The van der Waals surface area contributed by atoms with Gasteiger partial charge in [-0.1, -0.05) is 13.8 Å². The summed E-state index contributed by atoms with van der Waals surface area (Å²) in [6, 6.07) is 1.92. The summed E-state index contributed by atoms with van der Waals surface area (Å²) in [5.41, 5.74) is 0.233. The largest absolute Gasteiger partial charge is 0.481 e. The van der Waals surface area contributed by atoms with E-state index >= 15 is 0 Å². The summed E-state index contributed by atoms with van der Waals surface area (Å²) in [7, 11) is 0. The Morgan fingerprint density at radius 3 is 2.47 bits per heavy atom. The van der Waals surface area contributed by atoms with E-state index in [1.54, 1.807) is 18.3 Å². The first-order valence-electron chi connectivity index (χ1n) is 6.32. The average Bonchev–Trinajstić information content (AvgIpc) is 2.79. The molecule has 2 N–H and O–H groups in total. The molecule has 4 nitrogen and oxygen atoms in total. The molecule has 0 aliphatic heterocycles. The molecule has 0 spiro atoms. The number of carbonyl (C=O) groups is 2. The van der Waals surface area contributed by atoms with Crippen LogP contribution in [-0.4, -0.2) is 22.5 Å². The van der Waals surface area contributed by atoms with E-state index < -0.39 is 11.5 Å². The van der Waals surface area contributed by atoms with E-state index in [4.69, 9.17) is 5.11 Å². The van der Waals surface area contributed by atoms with Crippen LogP contribution in [0.2, 0.25) is 0 Å². The molecule has 0 bridgehead atoms. The first-order valence-corrected chi connectivity index (χ1v) is 7.26. The third-order valence-electron chi connectivity index (χ3n) is 3.64. The van der Waals surface area contributed by atoms with Crippen molar-refractivity contribution in [1.29, 1.82) is 0 Å². The maximum Gasteiger partial charge on any atom is 0.305 e. The van der Waals surface area contributed by atoms with Gasteiger partial charge >= 0.3 is 5.97 Å². The highest BCUT2D eigenvalue weighted by Crippen LogP contribution is 2.24. The molecule has 0 fully saturated rings. The molecule has 19 heavy (non-hydrogen) atoms. The molecular weight excluding hydrogens is 262 g/mol. The summed E-state index contributed by atoms with van der Waals surface area (Å²) in [6.45, 7) is 7.44. The van der Waals surface area contributed by atoms with Gasteiger partial charge in [-0.3, -0.25) is 9.59 Å². The molecule has 1 heterocycles. The molecule has 0 saturated heterocycles. The van der Waals surface area contributed by atoms with Gasteiger partial charge in [0.1, 0.15) is 0 Å². The molecular formula is C14H21NO3S. The van der Waals surface area contributed by atoms with Gasteiger partial charge in [0.2, 0.25) is 5.91 Å². The Balaban J connectivity index is 2.79. The summed E-state index contributed by atoms with van der Waals surface area (Å²) < 4.78 is 0. The van der Waals surface area contributed by atoms with E-state index in [1.165, 1.54) is 0 Å². The minimum Gasteiger partial charge on any atom is -0.481 e. The zero-order valence-electron chi connectivity index (χ0n) is 11.8. The Morgan fingerprint density at radius 1 is 1.42 bits per heavy atom. The van der Waals surface area contributed by atoms with Gasteiger partial charge in [0.15, 0.2) is 0 Å². The lowest BCUT2D eigenvalue weighted by Crippen LogP contribution is -2.52.